The predicted octanol–water partition coefficient (Wildman–Crippen LogP) is 11.5. The molecule has 0 amide bonds. The van der Waals surface area contributed by atoms with Crippen molar-refractivity contribution in [3.8, 4) is 0 Å². The van der Waals surface area contributed by atoms with Crippen LogP contribution in [0.2, 0.25) is 0 Å². The summed E-state index contributed by atoms with van der Waals surface area (Å²) in [6, 6.07) is 0. The smallest absolute Gasteiger partial charge is 0.100 e. The van der Waals surface area contributed by atoms with E-state index < -0.39 is 4.33 Å². The molecule has 0 unspecified atom stereocenters. The molecule has 2 heteroatoms. The van der Waals surface area contributed by atoms with Gasteiger partial charge in [0, 0.05) is 10.8 Å². The van der Waals surface area contributed by atoms with Crippen LogP contribution in [0.4, 0.5) is 0 Å². The second-order valence-electron chi connectivity index (χ2n) is 14.5. The van der Waals surface area contributed by atoms with Crippen molar-refractivity contribution < 1.29 is 0 Å². The van der Waals surface area contributed by atoms with E-state index in [1.54, 1.807) is 0 Å². The highest BCUT2D eigenvalue weighted by molar-refractivity contribution is 6.50. The van der Waals surface area contributed by atoms with E-state index in [-0.39, 0.29) is 10.8 Å². The number of hydrogen-bond donors (Lipinski definition) is 0. The molecule has 0 aromatic heterocycles. The molecule has 0 bridgehead atoms. The Balaban J connectivity index is 1.07. The lowest BCUT2D eigenvalue weighted by atomic mass is 9.42. The van der Waals surface area contributed by atoms with Crippen LogP contribution in [0.25, 0.3) is 0 Å². The molecule has 5 aliphatic rings. The Bertz CT molecular complexity index is 651. The zero-order valence-corrected chi connectivity index (χ0v) is 24.8. The number of unbranched alkanes of at least 4 members (excludes halogenated alkanes) is 2. The third-order valence-electron chi connectivity index (χ3n) is 12.9. The van der Waals surface area contributed by atoms with Crippen LogP contribution in [0.5, 0.6) is 0 Å². The van der Waals surface area contributed by atoms with Gasteiger partial charge in [-0.3, -0.25) is 0 Å². The van der Waals surface area contributed by atoms with Gasteiger partial charge in [-0.25, -0.2) is 0 Å². The van der Waals surface area contributed by atoms with Crippen molar-refractivity contribution in [2.75, 3.05) is 0 Å². The average molecular weight is 524 g/mol. The highest BCUT2D eigenvalue weighted by Crippen LogP contribution is 2.77. The zero-order valence-electron chi connectivity index (χ0n) is 23.3. The summed E-state index contributed by atoms with van der Waals surface area (Å²) in [5.74, 6) is 5.98. The van der Waals surface area contributed by atoms with Gasteiger partial charge in [0.25, 0.3) is 0 Å². The fourth-order valence-electron chi connectivity index (χ4n) is 10.3. The maximum absolute atomic E-state index is 7.43. The number of hydrogen-bond acceptors (Lipinski definition) is 0. The van der Waals surface area contributed by atoms with E-state index in [1.165, 1.54) is 141 Å². The minimum absolute atomic E-state index is 0.246. The van der Waals surface area contributed by atoms with Crippen LogP contribution in [0.3, 0.4) is 0 Å². The summed E-state index contributed by atoms with van der Waals surface area (Å²) >= 11 is 14.9. The van der Waals surface area contributed by atoms with E-state index >= 15 is 0 Å². The summed E-state index contributed by atoms with van der Waals surface area (Å²) in [6.45, 7) is 4.71. The lowest BCUT2D eigenvalue weighted by molar-refractivity contribution is -0.122. The van der Waals surface area contributed by atoms with E-state index in [0.717, 1.165) is 35.5 Å². The van der Waals surface area contributed by atoms with Crippen LogP contribution in [-0.4, -0.2) is 4.33 Å². The average Bonchev–Trinajstić information content (AvgIpc) is 2.90. The monoisotopic (exact) mass is 522 g/mol. The second-order valence-corrected chi connectivity index (χ2v) is 15.8. The Morgan fingerprint density at radius 1 is 0.543 bits per heavy atom. The van der Waals surface area contributed by atoms with Crippen molar-refractivity contribution in [2.45, 2.75) is 159 Å². The van der Waals surface area contributed by atoms with Crippen LogP contribution in [-0.2, 0) is 0 Å². The molecule has 0 atom stereocenters. The van der Waals surface area contributed by atoms with Gasteiger partial charge in [-0.1, -0.05) is 71.6 Å². The molecule has 5 aliphatic carbocycles. The lowest BCUT2D eigenvalue weighted by Gasteiger charge is -2.69. The fraction of sp³-hybridized carbons (Fsp3) is 1.00. The van der Waals surface area contributed by atoms with E-state index in [4.69, 9.17) is 23.2 Å². The third-order valence-corrected chi connectivity index (χ3v) is 14.5. The predicted molar refractivity (Wildman–Crippen MR) is 153 cm³/mol. The first-order valence-corrected chi connectivity index (χ1v) is 17.1. The maximum Gasteiger partial charge on any atom is 0.129 e. The van der Waals surface area contributed by atoms with Crippen molar-refractivity contribution in [1.82, 2.24) is 0 Å². The third kappa shape index (κ3) is 5.25. The van der Waals surface area contributed by atoms with Crippen LogP contribution >= 0.6 is 23.2 Å². The molecule has 0 N–H and O–H groups in total. The first kappa shape index (κ1) is 27.2. The molecule has 2 spiro atoms. The first-order chi connectivity index (χ1) is 16.9. The lowest BCUT2D eigenvalue weighted by Crippen LogP contribution is -2.66. The van der Waals surface area contributed by atoms with Crippen molar-refractivity contribution in [1.29, 1.82) is 0 Å². The summed E-state index contributed by atoms with van der Waals surface area (Å²) in [4.78, 5) is 0. The molecule has 202 valence electrons. The molecule has 0 aromatic rings. The molecule has 0 saturated heterocycles. The standard InChI is InChI=1S/C33H56Cl2/c1-3-5-6-7-26-10-14-28(15-11-26)30-18-22-32(23-19-30)24-31(33(32,34)35)20-16-29(17-21-31)27-12-8-25(4-2)9-13-27/h25-30H,3-24H2,1-2H3/t25-,26-,27-,28-,29?,30?,31?,32?. The van der Waals surface area contributed by atoms with E-state index in [9.17, 15) is 0 Å². The molecule has 0 aromatic carbocycles. The van der Waals surface area contributed by atoms with Crippen molar-refractivity contribution in [3.05, 3.63) is 0 Å². The minimum atomic E-state index is -0.452. The fourth-order valence-corrected chi connectivity index (χ4v) is 11.4. The van der Waals surface area contributed by atoms with Gasteiger partial charge in [0.15, 0.2) is 0 Å². The second kappa shape index (κ2) is 11.4. The van der Waals surface area contributed by atoms with Gasteiger partial charge < -0.3 is 0 Å². The molecular formula is C33H56Cl2. The molecule has 0 heterocycles. The highest BCUT2D eigenvalue weighted by Gasteiger charge is 2.72. The number of halogens is 2. The van der Waals surface area contributed by atoms with Gasteiger partial charge >= 0.3 is 0 Å². The van der Waals surface area contributed by atoms with Crippen LogP contribution in [0, 0.1) is 46.3 Å². The first-order valence-electron chi connectivity index (χ1n) is 16.3. The quantitative estimate of drug-likeness (QED) is 0.230. The topological polar surface area (TPSA) is 0 Å². The van der Waals surface area contributed by atoms with Gasteiger partial charge in [-0.2, -0.15) is 0 Å². The van der Waals surface area contributed by atoms with Crippen molar-refractivity contribution in [2.24, 2.45) is 46.3 Å². The van der Waals surface area contributed by atoms with E-state index in [2.05, 4.69) is 13.8 Å². The molecule has 5 rings (SSSR count). The summed E-state index contributed by atoms with van der Waals surface area (Å²) in [5, 5.41) is 0. The maximum atomic E-state index is 7.43. The molecule has 0 nitrogen and oxygen atoms in total. The number of rotatable bonds is 7. The molecule has 0 aliphatic heterocycles. The van der Waals surface area contributed by atoms with Crippen LogP contribution in [0.15, 0.2) is 0 Å². The van der Waals surface area contributed by atoms with Gasteiger partial charge in [0.1, 0.15) is 4.33 Å². The van der Waals surface area contributed by atoms with E-state index in [0.29, 0.717) is 0 Å². The Morgan fingerprint density at radius 3 is 1.37 bits per heavy atom. The Hall–Kier alpha value is 0.580. The Kier molecular flexibility index (Phi) is 8.82. The molecule has 0 radical (unpaired) electrons. The molecule has 5 saturated carbocycles. The van der Waals surface area contributed by atoms with Gasteiger partial charge in [-0.05, 0) is 119 Å². The zero-order chi connectivity index (χ0) is 24.5. The van der Waals surface area contributed by atoms with Gasteiger partial charge in [0.2, 0.25) is 0 Å². The van der Waals surface area contributed by atoms with E-state index in [1.807, 2.05) is 0 Å². The summed E-state index contributed by atoms with van der Waals surface area (Å²) in [5.41, 5.74) is 0.493. The number of alkyl halides is 2. The highest BCUT2D eigenvalue weighted by atomic mass is 35.5. The van der Waals surface area contributed by atoms with Gasteiger partial charge in [0.05, 0.1) is 0 Å². The van der Waals surface area contributed by atoms with Gasteiger partial charge in [-0.15, -0.1) is 23.2 Å². The SMILES string of the molecule is CCCCC[C@H]1CC[C@H](C2CCC3(CC2)CC2(CCC([C@H]4CC[C@H](CC)CC4)CC2)C3(Cl)Cl)CC1. The van der Waals surface area contributed by atoms with Crippen LogP contribution in [0.1, 0.15) is 155 Å². The summed E-state index contributed by atoms with van der Waals surface area (Å²) < 4.78 is -0.452. The minimum Gasteiger partial charge on any atom is -0.100 e. The Morgan fingerprint density at radius 2 is 0.971 bits per heavy atom. The van der Waals surface area contributed by atoms with Crippen molar-refractivity contribution in [3.63, 3.8) is 0 Å². The van der Waals surface area contributed by atoms with Crippen LogP contribution < -0.4 is 0 Å². The molecule has 5 fully saturated rings. The largest absolute Gasteiger partial charge is 0.129 e. The van der Waals surface area contributed by atoms with Crippen molar-refractivity contribution >= 4 is 23.2 Å². The summed E-state index contributed by atoms with van der Waals surface area (Å²) in [6.07, 6.45) is 31.4. The normalized spacial score (nSPS) is 45.9. The molecular weight excluding hydrogens is 467 g/mol. The Labute approximate surface area is 228 Å². The summed E-state index contributed by atoms with van der Waals surface area (Å²) in [7, 11) is 0. The molecule has 35 heavy (non-hydrogen) atoms.